The van der Waals surface area contributed by atoms with Crippen LogP contribution in [-0.2, 0) is 0 Å². The molecule has 0 radical (unpaired) electrons. The Kier molecular flexibility index (Phi) is 4.15. The first kappa shape index (κ1) is 12.9. The van der Waals surface area contributed by atoms with Crippen molar-refractivity contribution in [1.82, 2.24) is 4.90 Å². The number of aliphatic hydroxyl groups is 2. The third-order valence-corrected chi connectivity index (χ3v) is 3.93. The van der Waals surface area contributed by atoms with Crippen LogP contribution in [0.25, 0.3) is 0 Å². The number of piperidine rings is 1. The highest BCUT2D eigenvalue weighted by atomic mass is 16.3. The summed E-state index contributed by atoms with van der Waals surface area (Å²) in [5.74, 6) is 0.139. The van der Waals surface area contributed by atoms with E-state index < -0.39 is 11.7 Å². The van der Waals surface area contributed by atoms with Gasteiger partial charge in [-0.05, 0) is 26.8 Å². The molecule has 0 aromatic carbocycles. The maximum Gasteiger partial charge on any atom is 0.0957 e. The van der Waals surface area contributed by atoms with E-state index in [4.69, 9.17) is 0 Å². The molecule has 0 aromatic heterocycles. The topological polar surface area (TPSA) is 43.7 Å². The van der Waals surface area contributed by atoms with Crippen molar-refractivity contribution in [2.75, 3.05) is 13.6 Å². The molecular formula is C12H25NO2. The molecule has 0 aromatic rings. The number of rotatable bonds is 3. The van der Waals surface area contributed by atoms with E-state index in [2.05, 4.69) is 18.9 Å². The quantitative estimate of drug-likeness (QED) is 0.744. The van der Waals surface area contributed by atoms with E-state index in [9.17, 15) is 10.2 Å². The van der Waals surface area contributed by atoms with Crippen molar-refractivity contribution < 1.29 is 10.2 Å². The Bertz CT molecular complexity index is 204. The second kappa shape index (κ2) is 4.81. The van der Waals surface area contributed by atoms with Crippen molar-refractivity contribution in [2.45, 2.75) is 57.8 Å². The summed E-state index contributed by atoms with van der Waals surface area (Å²) in [5, 5.41) is 20.6. The highest BCUT2D eigenvalue weighted by molar-refractivity contribution is 4.98. The van der Waals surface area contributed by atoms with Gasteiger partial charge in [-0.1, -0.05) is 20.3 Å². The minimum Gasteiger partial charge on any atom is -0.390 e. The van der Waals surface area contributed by atoms with Crippen molar-refractivity contribution in [2.24, 2.45) is 5.92 Å². The van der Waals surface area contributed by atoms with Crippen LogP contribution in [0, 0.1) is 5.92 Å². The number of likely N-dealkylation sites (tertiary alicyclic amines) is 1. The Morgan fingerprint density at radius 1 is 1.47 bits per heavy atom. The highest BCUT2D eigenvalue weighted by Gasteiger charge is 2.45. The van der Waals surface area contributed by atoms with Gasteiger partial charge in [0.15, 0.2) is 0 Å². The van der Waals surface area contributed by atoms with Crippen molar-refractivity contribution in [3.63, 3.8) is 0 Å². The van der Waals surface area contributed by atoms with Gasteiger partial charge in [0.2, 0.25) is 0 Å². The molecule has 0 amide bonds. The molecule has 4 unspecified atom stereocenters. The van der Waals surface area contributed by atoms with E-state index in [1.54, 1.807) is 0 Å². The van der Waals surface area contributed by atoms with Crippen LogP contribution >= 0.6 is 0 Å². The van der Waals surface area contributed by atoms with Crippen LogP contribution in [0.2, 0.25) is 0 Å². The number of nitrogens with zero attached hydrogens (tertiary/aromatic N) is 1. The van der Waals surface area contributed by atoms with Crippen molar-refractivity contribution in [3.05, 3.63) is 0 Å². The SMILES string of the molecule is CCCC(O)C1(O)CC(C)N(C)CC1C. The summed E-state index contributed by atoms with van der Waals surface area (Å²) in [6, 6.07) is 0.345. The Hall–Kier alpha value is -0.120. The predicted molar refractivity (Wildman–Crippen MR) is 61.7 cm³/mol. The van der Waals surface area contributed by atoms with Crippen LogP contribution in [0.4, 0.5) is 0 Å². The summed E-state index contributed by atoms with van der Waals surface area (Å²) in [6.07, 6.45) is 1.71. The maximum atomic E-state index is 10.6. The Labute approximate surface area is 93.1 Å². The maximum absolute atomic E-state index is 10.6. The van der Waals surface area contributed by atoms with Gasteiger partial charge in [0, 0.05) is 18.5 Å². The summed E-state index contributed by atoms with van der Waals surface area (Å²) >= 11 is 0. The number of hydrogen-bond acceptors (Lipinski definition) is 3. The molecule has 1 saturated heterocycles. The lowest BCUT2D eigenvalue weighted by molar-refractivity contribution is -0.151. The molecule has 3 heteroatoms. The fourth-order valence-electron chi connectivity index (χ4n) is 2.59. The largest absolute Gasteiger partial charge is 0.390 e. The molecule has 0 spiro atoms. The van der Waals surface area contributed by atoms with Crippen LogP contribution < -0.4 is 0 Å². The number of hydrogen-bond donors (Lipinski definition) is 2. The standard InChI is InChI=1S/C12H25NO2/c1-5-6-11(14)12(15)7-10(3)13(4)8-9(12)2/h9-11,14-15H,5-8H2,1-4H3. The first-order valence-corrected chi connectivity index (χ1v) is 6.02. The van der Waals surface area contributed by atoms with Gasteiger partial charge in [-0.2, -0.15) is 0 Å². The van der Waals surface area contributed by atoms with Crippen molar-refractivity contribution in [1.29, 1.82) is 0 Å². The van der Waals surface area contributed by atoms with Crippen molar-refractivity contribution in [3.8, 4) is 0 Å². The number of aliphatic hydroxyl groups excluding tert-OH is 1. The molecule has 90 valence electrons. The lowest BCUT2D eigenvalue weighted by Crippen LogP contribution is -2.59. The van der Waals surface area contributed by atoms with E-state index in [0.717, 1.165) is 13.0 Å². The minimum absolute atomic E-state index is 0.139. The zero-order valence-corrected chi connectivity index (χ0v) is 10.4. The normalized spacial score (nSPS) is 40.4. The summed E-state index contributed by atoms with van der Waals surface area (Å²) in [7, 11) is 2.08. The molecular weight excluding hydrogens is 190 g/mol. The minimum atomic E-state index is -0.887. The van der Waals surface area contributed by atoms with Crippen LogP contribution in [0.1, 0.15) is 40.0 Å². The molecule has 1 heterocycles. The molecule has 0 bridgehead atoms. The van der Waals surface area contributed by atoms with E-state index in [-0.39, 0.29) is 5.92 Å². The van der Waals surface area contributed by atoms with Crippen LogP contribution in [0.5, 0.6) is 0 Å². The Morgan fingerprint density at radius 2 is 2.07 bits per heavy atom. The molecule has 0 aliphatic carbocycles. The van der Waals surface area contributed by atoms with Gasteiger partial charge in [-0.3, -0.25) is 0 Å². The highest BCUT2D eigenvalue weighted by Crippen LogP contribution is 2.35. The van der Waals surface area contributed by atoms with Gasteiger partial charge in [0.25, 0.3) is 0 Å². The summed E-state index contributed by atoms with van der Waals surface area (Å²) in [5.41, 5.74) is -0.887. The zero-order valence-electron chi connectivity index (χ0n) is 10.4. The second-order valence-corrected chi connectivity index (χ2v) is 5.19. The first-order chi connectivity index (χ1) is 6.91. The van der Waals surface area contributed by atoms with E-state index >= 15 is 0 Å². The molecule has 1 aliphatic heterocycles. The van der Waals surface area contributed by atoms with Gasteiger partial charge in [0.05, 0.1) is 11.7 Å². The Balaban J connectivity index is 2.73. The van der Waals surface area contributed by atoms with Gasteiger partial charge < -0.3 is 15.1 Å². The lowest BCUT2D eigenvalue weighted by atomic mass is 9.74. The average molecular weight is 215 g/mol. The summed E-state index contributed by atoms with van der Waals surface area (Å²) < 4.78 is 0. The summed E-state index contributed by atoms with van der Waals surface area (Å²) in [6.45, 7) is 7.03. The molecule has 3 nitrogen and oxygen atoms in total. The molecule has 1 fully saturated rings. The van der Waals surface area contributed by atoms with Crippen LogP contribution in [0.15, 0.2) is 0 Å². The fourth-order valence-corrected chi connectivity index (χ4v) is 2.59. The molecule has 1 rings (SSSR count). The molecule has 0 saturated carbocycles. The fraction of sp³-hybridized carbons (Fsp3) is 1.00. The van der Waals surface area contributed by atoms with E-state index in [0.29, 0.717) is 18.9 Å². The third-order valence-electron chi connectivity index (χ3n) is 3.93. The Morgan fingerprint density at radius 3 is 2.60 bits per heavy atom. The summed E-state index contributed by atoms with van der Waals surface area (Å²) in [4.78, 5) is 2.25. The average Bonchev–Trinajstić information content (AvgIpc) is 2.15. The molecule has 15 heavy (non-hydrogen) atoms. The second-order valence-electron chi connectivity index (χ2n) is 5.19. The van der Waals surface area contributed by atoms with Crippen molar-refractivity contribution >= 4 is 0 Å². The third kappa shape index (κ3) is 2.52. The van der Waals surface area contributed by atoms with Gasteiger partial charge in [0.1, 0.15) is 0 Å². The smallest absolute Gasteiger partial charge is 0.0957 e. The predicted octanol–water partition coefficient (Wildman–Crippen LogP) is 1.24. The molecule has 4 atom stereocenters. The first-order valence-electron chi connectivity index (χ1n) is 6.02. The van der Waals surface area contributed by atoms with E-state index in [1.165, 1.54) is 0 Å². The zero-order chi connectivity index (χ0) is 11.6. The van der Waals surface area contributed by atoms with Gasteiger partial charge >= 0.3 is 0 Å². The molecule has 2 N–H and O–H groups in total. The van der Waals surface area contributed by atoms with Crippen LogP contribution in [-0.4, -0.2) is 46.5 Å². The van der Waals surface area contributed by atoms with Gasteiger partial charge in [-0.15, -0.1) is 0 Å². The van der Waals surface area contributed by atoms with E-state index in [1.807, 2.05) is 13.8 Å². The lowest BCUT2D eigenvalue weighted by Gasteiger charge is -2.48. The van der Waals surface area contributed by atoms with Gasteiger partial charge in [-0.25, -0.2) is 0 Å². The molecule has 1 aliphatic rings. The van der Waals surface area contributed by atoms with Crippen LogP contribution in [0.3, 0.4) is 0 Å². The monoisotopic (exact) mass is 215 g/mol.